The second-order valence-corrected chi connectivity index (χ2v) is 4.84. The number of rotatable bonds is 2. The van der Waals surface area contributed by atoms with E-state index in [2.05, 4.69) is 6.58 Å². The Kier molecular flexibility index (Phi) is 3.26. The van der Waals surface area contributed by atoms with E-state index in [1.807, 2.05) is 0 Å². The van der Waals surface area contributed by atoms with Crippen molar-refractivity contribution in [1.82, 2.24) is 4.90 Å². The van der Waals surface area contributed by atoms with Crippen molar-refractivity contribution in [2.75, 3.05) is 0 Å². The van der Waals surface area contributed by atoms with Gasteiger partial charge in [0, 0.05) is 0 Å². The van der Waals surface area contributed by atoms with Gasteiger partial charge in [-0.15, -0.1) is 6.58 Å². The van der Waals surface area contributed by atoms with Crippen molar-refractivity contribution in [1.29, 1.82) is 0 Å². The average Bonchev–Trinajstić information content (AvgIpc) is 2.79. The molecule has 0 heterocycles. The first-order valence-electron chi connectivity index (χ1n) is 5.14. The topological polar surface area (TPSA) is 66.8 Å². The summed E-state index contributed by atoms with van der Waals surface area (Å²) in [6, 6.07) is -0.315. The SMILES string of the molecule is C=C[C@@H]1C[C@H]1N(C(=O)O)C(=O)OC(C)(C)C. The summed E-state index contributed by atoms with van der Waals surface area (Å²) in [4.78, 5) is 23.3. The highest BCUT2D eigenvalue weighted by molar-refractivity contribution is 5.88. The molecule has 0 spiro atoms. The van der Waals surface area contributed by atoms with Crippen LogP contribution in [0, 0.1) is 5.92 Å². The van der Waals surface area contributed by atoms with E-state index in [1.54, 1.807) is 26.8 Å². The predicted molar refractivity (Wildman–Crippen MR) is 58.2 cm³/mol. The number of carbonyl (C=O) groups is 2. The van der Waals surface area contributed by atoms with Gasteiger partial charge in [0.2, 0.25) is 0 Å². The summed E-state index contributed by atoms with van der Waals surface area (Å²) in [5.41, 5.74) is -0.691. The molecule has 1 rings (SSSR count). The van der Waals surface area contributed by atoms with Crippen LogP contribution in [0.1, 0.15) is 27.2 Å². The zero-order valence-corrected chi connectivity index (χ0v) is 9.77. The quantitative estimate of drug-likeness (QED) is 0.736. The molecule has 0 saturated heterocycles. The molecule has 5 nitrogen and oxygen atoms in total. The lowest BCUT2D eigenvalue weighted by atomic mass is 10.2. The number of hydrogen-bond donors (Lipinski definition) is 1. The van der Waals surface area contributed by atoms with Crippen molar-refractivity contribution >= 4 is 12.2 Å². The van der Waals surface area contributed by atoms with Crippen LogP contribution in [-0.2, 0) is 4.74 Å². The van der Waals surface area contributed by atoms with E-state index in [0.717, 1.165) is 4.90 Å². The molecular weight excluding hydrogens is 210 g/mol. The van der Waals surface area contributed by atoms with E-state index in [1.165, 1.54) is 0 Å². The lowest BCUT2D eigenvalue weighted by molar-refractivity contribution is 0.0250. The first-order valence-corrected chi connectivity index (χ1v) is 5.14. The molecule has 0 aromatic rings. The van der Waals surface area contributed by atoms with Crippen molar-refractivity contribution in [3.63, 3.8) is 0 Å². The van der Waals surface area contributed by atoms with E-state index in [4.69, 9.17) is 9.84 Å². The number of carboxylic acid groups (broad SMARTS) is 1. The molecule has 5 heteroatoms. The average molecular weight is 227 g/mol. The van der Waals surface area contributed by atoms with Gasteiger partial charge in [-0.25, -0.2) is 14.5 Å². The van der Waals surface area contributed by atoms with Crippen LogP contribution >= 0.6 is 0 Å². The molecule has 0 aromatic carbocycles. The number of hydrogen-bond acceptors (Lipinski definition) is 3. The van der Waals surface area contributed by atoms with Crippen LogP contribution in [0.25, 0.3) is 0 Å². The summed E-state index contributed by atoms with van der Waals surface area (Å²) in [5, 5.41) is 8.96. The van der Waals surface area contributed by atoms with Gasteiger partial charge in [-0.05, 0) is 33.1 Å². The molecule has 1 N–H and O–H groups in total. The van der Waals surface area contributed by atoms with E-state index >= 15 is 0 Å². The summed E-state index contributed by atoms with van der Waals surface area (Å²) >= 11 is 0. The number of nitrogens with zero attached hydrogens (tertiary/aromatic N) is 1. The summed E-state index contributed by atoms with van der Waals surface area (Å²) in [6.07, 6.45) is 0.206. The fourth-order valence-corrected chi connectivity index (χ4v) is 1.42. The van der Waals surface area contributed by atoms with Crippen LogP contribution in [-0.4, -0.2) is 33.8 Å². The standard InChI is InChI=1S/C11H17NO4/c1-5-7-6-8(7)12(9(13)14)10(15)16-11(2,3)4/h5,7-8H,1,6H2,2-4H3,(H,13,14)/t7-,8-/m1/s1. The van der Waals surface area contributed by atoms with E-state index in [0.29, 0.717) is 6.42 Å². The maximum Gasteiger partial charge on any atom is 0.420 e. The normalized spacial score (nSPS) is 23.4. The summed E-state index contributed by atoms with van der Waals surface area (Å²) < 4.78 is 5.03. The molecule has 0 radical (unpaired) electrons. The van der Waals surface area contributed by atoms with Crippen molar-refractivity contribution in [3.05, 3.63) is 12.7 Å². The molecule has 2 atom stereocenters. The Bertz CT molecular complexity index is 318. The van der Waals surface area contributed by atoms with Gasteiger partial charge in [-0.2, -0.15) is 0 Å². The van der Waals surface area contributed by atoms with Crippen LogP contribution in [0.4, 0.5) is 9.59 Å². The van der Waals surface area contributed by atoms with Gasteiger partial charge in [0.25, 0.3) is 0 Å². The first-order chi connectivity index (χ1) is 7.26. The predicted octanol–water partition coefficient (Wildman–Crippen LogP) is 2.48. The second-order valence-electron chi connectivity index (χ2n) is 4.84. The smallest absolute Gasteiger partial charge is 0.420 e. The van der Waals surface area contributed by atoms with Crippen LogP contribution in [0.15, 0.2) is 12.7 Å². The van der Waals surface area contributed by atoms with Gasteiger partial charge in [-0.3, -0.25) is 0 Å². The summed E-state index contributed by atoms with van der Waals surface area (Å²) in [5.74, 6) is 0.0589. The van der Waals surface area contributed by atoms with Crippen molar-refractivity contribution in [2.24, 2.45) is 5.92 Å². The van der Waals surface area contributed by atoms with Crippen LogP contribution in [0.5, 0.6) is 0 Å². The molecule has 1 aliphatic rings. The minimum Gasteiger partial charge on any atom is -0.465 e. The number of carbonyl (C=O) groups excluding carboxylic acids is 1. The molecule has 90 valence electrons. The molecule has 1 saturated carbocycles. The third kappa shape index (κ3) is 2.98. The van der Waals surface area contributed by atoms with Crippen molar-refractivity contribution in [2.45, 2.75) is 38.8 Å². The van der Waals surface area contributed by atoms with Gasteiger partial charge in [0.05, 0.1) is 6.04 Å². The molecule has 16 heavy (non-hydrogen) atoms. The summed E-state index contributed by atoms with van der Waals surface area (Å²) in [6.45, 7) is 8.67. The molecule has 2 amide bonds. The number of ether oxygens (including phenoxy) is 1. The Morgan fingerprint density at radius 1 is 1.50 bits per heavy atom. The number of amides is 2. The molecule has 1 aliphatic carbocycles. The minimum atomic E-state index is -1.27. The molecule has 0 aromatic heterocycles. The van der Waals surface area contributed by atoms with Crippen LogP contribution in [0.2, 0.25) is 0 Å². The zero-order chi connectivity index (χ0) is 12.5. The molecular formula is C11H17NO4. The highest BCUT2D eigenvalue weighted by Gasteiger charge is 2.46. The zero-order valence-electron chi connectivity index (χ0n) is 9.77. The maximum atomic E-state index is 11.6. The highest BCUT2D eigenvalue weighted by Crippen LogP contribution is 2.37. The third-order valence-electron chi connectivity index (χ3n) is 2.24. The van der Waals surface area contributed by atoms with E-state index < -0.39 is 17.8 Å². The van der Waals surface area contributed by atoms with E-state index in [-0.39, 0.29) is 12.0 Å². The Labute approximate surface area is 94.7 Å². The van der Waals surface area contributed by atoms with Gasteiger partial charge in [-0.1, -0.05) is 6.08 Å². The van der Waals surface area contributed by atoms with Gasteiger partial charge in [0.15, 0.2) is 0 Å². The second kappa shape index (κ2) is 4.15. The van der Waals surface area contributed by atoms with Gasteiger partial charge < -0.3 is 9.84 Å². The van der Waals surface area contributed by atoms with Crippen LogP contribution < -0.4 is 0 Å². The lowest BCUT2D eigenvalue weighted by Gasteiger charge is -2.24. The Hall–Kier alpha value is -1.52. The first kappa shape index (κ1) is 12.5. The highest BCUT2D eigenvalue weighted by atomic mass is 16.6. The molecule has 0 aliphatic heterocycles. The fraction of sp³-hybridized carbons (Fsp3) is 0.636. The van der Waals surface area contributed by atoms with Crippen molar-refractivity contribution in [3.8, 4) is 0 Å². The third-order valence-corrected chi connectivity index (χ3v) is 2.24. The lowest BCUT2D eigenvalue weighted by Crippen LogP contribution is -2.42. The summed E-state index contributed by atoms with van der Waals surface area (Å²) in [7, 11) is 0. The Balaban J connectivity index is 2.69. The maximum absolute atomic E-state index is 11.6. The van der Waals surface area contributed by atoms with Gasteiger partial charge >= 0.3 is 12.2 Å². The monoisotopic (exact) mass is 227 g/mol. The van der Waals surface area contributed by atoms with Crippen LogP contribution in [0.3, 0.4) is 0 Å². The van der Waals surface area contributed by atoms with Gasteiger partial charge in [0.1, 0.15) is 5.60 Å². The largest absolute Gasteiger partial charge is 0.465 e. The number of imide groups is 1. The molecule has 0 unspecified atom stereocenters. The van der Waals surface area contributed by atoms with E-state index in [9.17, 15) is 9.59 Å². The molecule has 1 fully saturated rings. The van der Waals surface area contributed by atoms with Crippen molar-refractivity contribution < 1.29 is 19.4 Å². The minimum absolute atomic E-state index is 0.0589. The Morgan fingerprint density at radius 2 is 2.06 bits per heavy atom. The fourth-order valence-electron chi connectivity index (χ4n) is 1.42. The molecule has 0 bridgehead atoms. The Morgan fingerprint density at radius 3 is 2.38 bits per heavy atom.